The molecule has 0 aliphatic heterocycles. The summed E-state index contributed by atoms with van der Waals surface area (Å²) in [5, 5.41) is 12.2. The quantitative estimate of drug-likeness (QED) is 0.894. The Morgan fingerprint density at radius 1 is 1.48 bits per heavy atom. The number of aryl methyl sites for hydroxylation is 2. The number of nitrogens with zero attached hydrogens (tertiary/aromatic N) is 1. The molecule has 3 rings (SSSR count). The summed E-state index contributed by atoms with van der Waals surface area (Å²) in [5.41, 5.74) is 3.05. The van der Waals surface area contributed by atoms with Crippen LogP contribution in [0.15, 0.2) is 21.5 Å². The lowest BCUT2D eigenvalue weighted by Gasteiger charge is -2.23. The fraction of sp³-hybridized carbons (Fsp3) is 0.421. The summed E-state index contributed by atoms with van der Waals surface area (Å²) in [6.45, 7) is 3.55. The Kier molecular flexibility index (Phi) is 4.75. The Balaban J connectivity index is 1.68. The van der Waals surface area contributed by atoms with E-state index in [2.05, 4.69) is 10.3 Å². The van der Waals surface area contributed by atoms with Crippen LogP contribution in [0.25, 0.3) is 0 Å². The number of amides is 1. The van der Waals surface area contributed by atoms with Crippen molar-refractivity contribution in [2.45, 2.75) is 52.0 Å². The predicted molar refractivity (Wildman–Crippen MR) is 92.1 cm³/mol. The van der Waals surface area contributed by atoms with Gasteiger partial charge in [0, 0.05) is 24.1 Å². The Bertz CT molecular complexity index is 902. The summed E-state index contributed by atoms with van der Waals surface area (Å²) >= 11 is 0. The van der Waals surface area contributed by atoms with Crippen LogP contribution in [0.3, 0.4) is 0 Å². The topological polar surface area (TPSA) is 98.9 Å². The number of nitriles is 1. The normalized spacial score (nSPS) is 16.1. The number of carbonyl (C=O) groups excluding carboxylic acids is 1. The SMILES string of the molecule is Cc1[nH]c(=O)c(C#N)c(C)c1CCC(=O)NC1CCCc2occc21. The Morgan fingerprint density at radius 3 is 3.04 bits per heavy atom. The smallest absolute Gasteiger partial charge is 0.266 e. The highest BCUT2D eigenvalue weighted by atomic mass is 16.3. The summed E-state index contributed by atoms with van der Waals surface area (Å²) in [5.74, 6) is 0.921. The van der Waals surface area contributed by atoms with E-state index < -0.39 is 0 Å². The van der Waals surface area contributed by atoms with E-state index >= 15 is 0 Å². The molecule has 0 aromatic carbocycles. The van der Waals surface area contributed by atoms with Gasteiger partial charge in [0.05, 0.1) is 12.3 Å². The number of carbonyl (C=O) groups is 1. The fourth-order valence-corrected chi connectivity index (χ4v) is 3.56. The van der Waals surface area contributed by atoms with Gasteiger partial charge in [-0.2, -0.15) is 5.26 Å². The van der Waals surface area contributed by atoms with E-state index in [0.717, 1.165) is 36.1 Å². The summed E-state index contributed by atoms with van der Waals surface area (Å²) < 4.78 is 5.45. The Labute approximate surface area is 145 Å². The molecule has 1 unspecified atom stereocenters. The highest BCUT2D eigenvalue weighted by Gasteiger charge is 2.24. The van der Waals surface area contributed by atoms with Crippen molar-refractivity contribution in [3.05, 3.63) is 56.4 Å². The molecule has 1 amide bonds. The number of H-pyrrole nitrogens is 1. The van der Waals surface area contributed by atoms with Gasteiger partial charge in [0.2, 0.25) is 5.91 Å². The van der Waals surface area contributed by atoms with Crippen LogP contribution in [-0.4, -0.2) is 10.9 Å². The van der Waals surface area contributed by atoms with Crippen LogP contribution in [0.5, 0.6) is 0 Å². The average molecular weight is 339 g/mol. The maximum Gasteiger partial charge on any atom is 0.266 e. The van der Waals surface area contributed by atoms with Gasteiger partial charge in [-0.15, -0.1) is 0 Å². The number of rotatable bonds is 4. The van der Waals surface area contributed by atoms with Gasteiger partial charge in [0.1, 0.15) is 17.4 Å². The van der Waals surface area contributed by atoms with Crippen LogP contribution in [0.2, 0.25) is 0 Å². The van der Waals surface area contributed by atoms with Crippen LogP contribution in [-0.2, 0) is 17.6 Å². The van der Waals surface area contributed by atoms with E-state index in [1.807, 2.05) is 12.1 Å². The van der Waals surface area contributed by atoms with Gasteiger partial charge in [-0.1, -0.05) is 0 Å². The van der Waals surface area contributed by atoms with Gasteiger partial charge in [0.25, 0.3) is 5.56 Å². The van der Waals surface area contributed by atoms with Crippen molar-refractivity contribution in [3.8, 4) is 6.07 Å². The van der Waals surface area contributed by atoms with Crippen LogP contribution in [0.1, 0.15) is 59.0 Å². The lowest BCUT2D eigenvalue weighted by molar-refractivity contribution is -0.121. The lowest BCUT2D eigenvalue weighted by atomic mass is 9.93. The molecular formula is C19H21N3O3. The first kappa shape index (κ1) is 17.0. The number of aromatic amines is 1. The highest BCUT2D eigenvalue weighted by Crippen LogP contribution is 2.30. The minimum Gasteiger partial charge on any atom is -0.469 e. The third-order valence-electron chi connectivity index (χ3n) is 4.91. The standard InChI is InChI=1S/C19H21N3O3/c1-11-13(12(2)21-19(24)15(11)10-20)6-7-18(23)22-16-4-3-5-17-14(16)8-9-25-17/h8-9,16H,3-7H2,1-2H3,(H,21,24)(H,22,23). The lowest BCUT2D eigenvalue weighted by Crippen LogP contribution is -2.30. The summed E-state index contributed by atoms with van der Waals surface area (Å²) in [6, 6.07) is 3.87. The molecule has 2 aromatic heterocycles. The molecule has 1 atom stereocenters. The molecule has 0 radical (unpaired) electrons. The van der Waals surface area contributed by atoms with Crippen LogP contribution >= 0.6 is 0 Å². The molecule has 130 valence electrons. The van der Waals surface area contributed by atoms with Gasteiger partial charge in [-0.25, -0.2) is 0 Å². The molecule has 1 aliphatic rings. The number of aromatic nitrogens is 1. The first-order valence-corrected chi connectivity index (χ1v) is 8.49. The van der Waals surface area contributed by atoms with E-state index in [4.69, 9.17) is 9.68 Å². The molecule has 6 nitrogen and oxygen atoms in total. The molecule has 2 aromatic rings. The number of furan rings is 1. The maximum absolute atomic E-state index is 12.4. The highest BCUT2D eigenvalue weighted by molar-refractivity contribution is 5.77. The second kappa shape index (κ2) is 6.98. The minimum atomic E-state index is -0.375. The molecule has 1 aliphatic carbocycles. The Morgan fingerprint density at radius 2 is 2.28 bits per heavy atom. The molecule has 0 spiro atoms. The van der Waals surface area contributed by atoms with E-state index in [0.29, 0.717) is 24.1 Å². The maximum atomic E-state index is 12.4. The number of hydrogen-bond acceptors (Lipinski definition) is 4. The van der Waals surface area contributed by atoms with Crippen molar-refractivity contribution >= 4 is 5.91 Å². The molecule has 0 saturated carbocycles. The fourth-order valence-electron chi connectivity index (χ4n) is 3.56. The van der Waals surface area contributed by atoms with E-state index in [1.165, 1.54) is 0 Å². The summed E-state index contributed by atoms with van der Waals surface area (Å²) in [6.07, 6.45) is 5.29. The second-order valence-corrected chi connectivity index (χ2v) is 6.48. The Hall–Kier alpha value is -2.81. The second-order valence-electron chi connectivity index (χ2n) is 6.48. The zero-order valence-corrected chi connectivity index (χ0v) is 14.4. The van der Waals surface area contributed by atoms with E-state index in [-0.39, 0.29) is 23.1 Å². The predicted octanol–water partition coefficient (Wildman–Crippen LogP) is 2.58. The molecule has 2 N–H and O–H groups in total. The third-order valence-corrected chi connectivity index (χ3v) is 4.91. The van der Waals surface area contributed by atoms with Gasteiger partial charge in [0.15, 0.2) is 0 Å². The van der Waals surface area contributed by atoms with E-state index in [1.54, 1.807) is 20.1 Å². The van der Waals surface area contributed by atoms with Gasteiger partial charge in [-0.3, -0.25) is 9.59 Å². The largest absolute Gasteiger partial charge is 0.469 e. The van der Waals surface area contributed by atoms with Crippen molar-refractivity contribution < 1.29 is 9.21 Å². The molecule has 2 heterocycles. The minimum absolute atomic E-state index is 0.00226. The van der Waals surface area contributed by atoms with Gasteiger partial charge >= 0.3 is 0 Å². The summed E-state index contributed by atoms with van der Waals surface area (Å²) in [7, 11) is 0. The number of fused-ring (bicyclic) bond motifs is 1. The van der Waals surface area contributed by atoms with Crippen LogP contribution < -0.4 is 10.9 Å². The zero-order chi connectivity index (χ0) is 18.0. The average Bonchev–Trinajstić information content (AvgIpc) is 3.04. The zero-order valence-electron chi connectivity index (χ0n) is 14.4. The molecular weight excluding hydrogens is 318 g/mol. The number of pyridine rings is 1. The van der Waals surface area contributed by atoms with Crippen molar-refractivity contribution in [1.29, 1.82) is 5.26 Å². The van der Waals surface area contributed by atoms with Crippen molar-refractivity contribution in [2.24, 2.45) is 0 Å². The molecule has 0 bridgehead atoms. The van der Waals surface area contributed by atoms with Gasteiger partial charge in [-0.05, 0) is 50.3 Å². The molecule has 25 heavy (non-hydrogen) atoms. The number of hydrogen-bond donors (Lipinski definition) is 2. The first-order chi connectivity index (χ1) is 12.0. The van der Waals surface area contributed by atoms with Crippen molar-refractivity contribution in [3.63, 3.8) is 0 Å². The van der Waals surface area contributed by atoms with Crippen LogP contribution in [0.4, 0.5) is 0 Å². The van der Waals surface area contributed by atoms with Crippen molar-refractivity contribution in [1.82, 2.24) is 10.3 Å². The van der Waals surface area contributed by atoms with Crippen molar-refractivity contribution in [2.75, 3.05) is 0 Å². The third kappa shape index (κ3) is 3.36. The number of nitrogens with one attached hydrogen (secondary N) is 2. The van der Waals surface area contributed by atoms with Gasteiger partial charge < -0.3 is 14.7 Å². The summed E-state index contributed by atoms with van der Waals surface area (Å²) in [4.78, 5) is 26.8. The molecule has 6 heteroatoms. The van der Waals surface area contributed by atoms with E-state index in [9.17, 15) is 9.59 Å². The van der Waals surface area contributed by atoms with Crippen LogP contribution in [0, 0.1) is 25.2 Å². The first-order valence-electron chi connectivity index (χ1n) is 8.49. The monoisotopic (exact) mass is 339 g/mol. The molecule has 0 fully saturated rings. The molecule has 0 saturated heterocycles.